The normalized spacial score (nSPS) is 10.8. The quantitative estimate of drug-likeness (QED) is 0.522. The summed E-state index contributed by atoms with van der Waals surface area (Å²) in [5.74, 6) is 1.21. The van der Waals surface area contributed by atoms with Gasteiger partial charge in [-0.25, -0.2) is 0 Å². The van der Waals surface area contributed by atoms with E-state index in [1.165, 1.54) is 7.11 Å². The molecule has 0 bridgehead atoms. The van der Waals surface area contributed by atoms with Gasteiger partial charge in [-0.1, -0.05) is 18.2 Å². The molecule has 0 amide bonds. The number of hydrogen-bond donors (Lipinski definition) is 2. The lowest BCUT2D eigenvalue weighted by Gasteiger charge is -2.13. The molecule has 2 N–H and O–H groups in total. The van der Waals surface area contributed by atoms with Crippen LogP contribution in [-0.4, -0.2) is 19.3 Å². The predicted octanol–water partition coefficient (Wildman–Crippen LogP) is 4.33. The summed E-state index contributed by atoms with van der Waals surface area (Å²) in [4.78, 5) is 0. The lowest BCUT2D eigenvalue weighted by Crippen LogP contribution is -2.07. The van der Waals surface area contributed by atoms with Crippen molar-refractivity contribution in [2.75, 3.05) is 14.2 Å². The van der Waals surface area contributed by atoms with E-state index in [0.29, 0.717) is 44.4 Å². The molecule has 0 aliphatic carbocycles. The highest BCUT2D eigenvalue weighted by molar-refractivity contribution is 6.11. The average Bonchev–Trinajstić information content (AvgIpc) is 2.72. The van der Waals surface area contributed by atoms with E-state index in [1.807, 2.05) is 12.1 Å². The van der Waals surface area contributed by atoms with Crippen LogP contribution in [0, 0.1) is 16.7 Å². The van der Waals surface area contributed by atoms with E-state index in [-0.39, 0.29) is 16.9 Å². The fraction of sp³-hybridized carbons (Fsp3) is 0.0909. The summed E-state index contributed by atoms with van der Waals surface area (Å²) in [6.45, 7) is 0. The molecule has 0 fully saturated rings. The van der Waals surface area contributed by atoms with Crippen molar-refractivity contribution < 1.29 is 19.0 Å². The maximum atomic E-state index is 10.1. The second-order valence-electron chi connectivity index (χ2n) is 6.18. The van der Waals surface area contributed by atoms with Crippen LogP contribution in [0.5, 0.6) is 17.2 Å². The third-order valence-electron chi connectivity index (χ3n) is 4.72. The van der Waals surface area contributed by atoms with Crippen LogP contribution in [0.2, 0.25) is 0 Å². The van der Waals surface area contributed by atoms with Crippen molar-refractivity contribution in [3.8, 4) is 34.4 Å². The van der Waals surface area contributed by atoms with Crippen LogP contribution in [0.3, 0.4) is 0 Å². The number of nitrogens with zero attached hydrogens (tertiary/aromatic N) is 1. The SMILES string of the molecule is COc1ccc(-c2c(C#N)c(=N)oc3c2ccc2c(O)cccc23)cc1OC. The van der Waals surface area contributed by atoms with Crippen LogP contribution < -0.4 is 15.0 Å². The predicted molar refractivity (Wildman–Crippen MR) is 104 cm³/mol. The summed E-state index contributed by atoms with van der Waals surface area (Å²) in [5, 5.41) is 30.0. The largest absolute Gasteiger partial charge is 0.507 e. The molecular weight excluding hydrogens is 356 g/mol. The van der Waals surface area contributed by atoms with Gasteiger partial charge >= 0.3 is 0 Å². The lowest BCUT2D eigenvalue weighted by atomic mass is 9.95. The molecular formula is C22H16N2O4. The second kappa shape index (κ2) is 6.63. The highest BCUT2D eigenvalue weighted by atomic mass is 16.5. The minimum absolute atomic E-state index is 0.123. The first kappa shape index (κ1) is 17.4. The smallest absolute Gasteiger partial charge is 0.230 e. The van der Waals surface area contributed by atoms with Gasteiger partial charge in [0.15, 0.2) is 11.5 Å². The minimum Gasteiger partial charge on any atom is -0.507 e. The topological polar surface area (TPSA) is 99.5 Å². The average molecular weight is 372 g/mol. The first-order valence-electron chi connectivity index (χ1n) is 8.47. The van der Waals surface area contributed by atoms with Crippen LogP contribution in [0.4, 0.5) is 0 Å². The number of nitrogens with one attached hydrogen (secondary N) is 1. The maximum absolute atomic E-state index is 10.1. The molecule has 0 aliphatic rings. The Morgan fingerprint density at radius 3 is 2.43 bits per heavy atom. The number of aromatic hydroxyl groups is 1. The van der Waals surface area contributed by atoms with E-state index in [4.69, 9.17) is 19.3 Å². The number of rotatable bonds is 3. The summed E-state index contributed by atoms with van der Waals surface area (Å²) in [6, 6.07) is 16.1. The molecule has 0 saturated carbocycles. The van der Waals surface area contributed by atoms with Gasteiger partial charge in [0, 0.05) is 21.7 Å². The first-order valence-corrected chi connectivity index (χ1v) is 8.47. The molecule has 6 heteroatoms. The van der Waals surface area contributed by atoms with Crippen LogP contribution in [0.1, 0.15) is 5.56 Å². The molecule has 6 nitrogen and oxygen atoms in total. The lowest BCUT2D eigenvalue weighted by molar-refractivity contribution is 0.355. The van der Waals surface area contributed by atoms with Gasteiger partial charge in [-0.15, -0.1) is 0 Å². The van der Waals surface area contributed by atoms with Crippen molar-refractivity contribution in [2.45, 2.75) is 0 Å². The molecule has 1 heterocycles. The van der Waals surface area contributed by atoms with E-state index in [0.717, 1.165) is 0 Å². The zero-order valence-electron chi connectivity index (χ0n) is 15.2. The van der Waals surface area contributed by atoms with Crippen molar-refractivity contribution in [2.24, 2.45) is 0 Å². The summed E-state index contributed by atoms with van der Waals surface area (Å²) in [7, 11) is 3.09. The number of phenols is 1. The molecule has 1 aromatic heterocycles. The highest BCUT2D eigenvalue weighted by Crippen LogP contribution is 2.39. The van der Waals surface area contributed by atoms with Crippen LogP contribution in [0.15, 0.2) is 52.9 Å². The van der Waals surface area contributed by atoms with Crippen molar-refractivity contribution in [1.29, 1.82) is 10.7 Å². The van der Waals surface area contributed by atoms with Crippen molar-refractivity contribution in [1.82, 2.24) is 0 Å². The number of phenolic OH excluding ortho intramolecular Hbond substituents is 1. The summed E-state index contributed by atoms with van der Waals surface area (Å²) < 4.78 is 16.4. The molecule has 3 aromatic carbocycles. The van der Waals surface area contributed by atoms with Crippen LogP contribution in [-0.2, 0) is 0 Å². The van der Waals surface area contributed by atoms with Gasteiger partial charge in [-0.05, 0) is 35.9 Å². The molecule has 0 saturated heterocycles. The van der Waals surface area contributed by atoms with Gasteiger partial charge in [0.05, 0.1) is 14.2 Å². The standard InChI is InChI=1S/C22H16N2O4/c1-26-18-9-6-12(10-19(18)27-2)20-15-8-7-13-14(4-3-5-17(13)25)21(15)28-22(24)16(20)11-23/h3-10,24-25H,1-2H3. The van der Waals surface area contributed by atoms with Gasteiger partial charge < -0.3 is 19.0 Å². The van der Waals surface area contributed by atoms with Crippen LogP contribution in [0.25, 0.3) is 32.9 Å². The molecule has 138 valence electrons. The Morgan fingerprint density at radius 2 is 1.71 bits per heavy atom. The van der Waals surface area contributed by atoms with Crippen molar-refractivity contribution in [3.63, 3.8) is 0 Å². The van der Waals surface area contributed by atoms with E-state index in [2.05, 4.69) is 6.07 Å². The van der Waals surface area contributed by atoms with Gasteiger partial charge in [0.1, 0.15) is 23.0 Å². The Morgan fingerprint density at radius 1 is 0.964 bits per heavy atom. The number of hydrogen-bond acceptors (Lipinski definition) is 6. The van der Waals surface area contributed by atoms with E-state index in [1.54, 1.807) is 43.5 Å². The zero-order valence-corrected chi connectivity index (χ0v) is 15.2. The Hall–Kier alpha value is -3.98. The summed E-state index contributed by atoms with van der Waals surface area (Å²) in [5.41, 5.74) is 1.58. The summed E-state index contributed by atoms with van der Waals surface area (Å²) in [6.07, 6.45) is 0. The third-order valence-corrected chi connectivity index (χ3v) is 4.72. The maximum Gasteiger partial charge on any atom is 0.230 e. The van der Waals surface area contributed by atoms with Gasteiger partial charge in [-0.3, -0.25) is 5.41 Å². The Labute approximate surface area is 160 Å². The zero-order chi connectivity index (χ0) is 19.8. The molecule has 4 rings (SSSR count). The molecule has 0 unspecified atom stereocenters. The minimum atomic E-state index is -0.240. The number of benzene rings is 3. The summed E-state index contributed by atoms with van der Waals surface area (Å²) >= 11 is 0. The fourth-order valence-corrected chi connectivity index (χ4v) is 3.42. The fourth-order valence-electron chi connectivity index (χ4n) is 3.42. The van der Waals surface area contributed by atoms with E-state index < -0.39 is 0 Å². The first-order chi connectivity index (χ1) is 13.6. The van der Waals surface area contributed by atoms with Crippen molar-refractivity contribution in [3.05, 3.63) is 59.6 Å². The molecule has 0 radical (unpaired) electrons. The highest BCUT2D eigenvalue weighted by Gasteiger charge is 2.18. The molecule has 0 spiro atoms. The van der Waals surface area contributed by atoms with Crippen LogP contribution >= 0.6 is 0 Å². The monoisotopic (exact) mass is 372 g/mol. The molecule has 28 heavy (non-hydrogen) atoms. The number of fused-ring (bicyclic) bond motifs is 3. The van der Waals surface area contributed by atoms with Gasteiger partial charge in [0.25, 0.3) is 0 Å². The Kier molecular flexibility index (Phi) is 4.13. The molecule has 4 aromatic rings. The van der Waals surface area contributed by atoms with Crippen molar-refractivity contribution >= 4 is 21.7 Å². The van der Waals surface area contributed by atoms with Gasteiger partial charge in [-0.2, -0.15) is 5.26 Å². The van der Waals surface area contributed by atoms with E-state index >= 15 is 0 Å². The van der Waals surface area contributed by atoms with Gasteiger partial charge in [0.2, 0.25) is 5.55 Å². The van der Waals surface area contributed by atoms with E-state index in [9.17, 15) is 10.4 Å². The Balaban J connectivity index is 2.16. The number of nitriles is 1. The number of methoxy groups -OCH3 is 2. The molecule has 0 atom stereocenters. The second-order valence-corrected chi connectivity index (χ2v) is 6.18. The number of ether oxygens (including phenoxy) is 2. The third kappa shape index (κ3) is 2.53. The Bertz CT molecular complexity index is 1330. The molecule has 0 aliphatic heterocycles.